The summed E-state index contributed by atoms with van der Waals surface area (Å²) in [6.45, 7) is 0.543. The van der Waals surface area contributed by atoms with Gasteiger partial charge in [0.05, 0.1) is 11.8 Å². The summed E-state index contributed by atoms with van der Waals surface area (Å²) in [5.74, 6) is -0.639. The van der Waals surface area contributed by atoms with E-state index in [-0.39, 0.29) is 17.4 Å². The fraction of sp³-hybridized carbons (Fsp3) is 0.333. The van der Waals surface area contributed by atoms with Crippen LogP contribution in [0.15, 0.2) is 28.9 Å². The Bertz CT molecular complexity index is 670. The standard InChI is InChI=1S/C15H15NO4/c17-14(9-1-2-9)16-6-5-11-8-20-13-4-3-10(15(18)19)7-12(11)13/h3-4,7-9H,1-2,5-6H2,(H,16,17)(H,18,19). The molecule has 0 saturated heterocycles. The molecule has 104 valence electrons. The number of fused-ring (bicyclic) bond motifs is 1. The van der Waals surface area contributed by atoms with Gasteiger partial charge in [-0.15, -0.1) is 0 Å². The van der Waals surface area contributed by atoms with Crippen LogP contribution in [0.25, 0.3) is 11.0 Å². The molecule has 5 nitrogen and oxygen atoms in total. The summed E-state index contributed by atoms with van der Waals surface area (Å²) in [5.41, 5.74) is 1.82. The molecule has 1 aliphatic carbocycles. The molecule has 1 amide bonds. The van der Waals surface area contributed by atoms with Crippen LogP contribution in [-0.2, 0) is 11.2 Å². The minimum atomic E-state index is -0.957. The topological polar surface area (TPSA) is 79.5 Å². The van der Waals surface area contributed by atoms with Crippen molar-refractivity contribution in [2.45, 2.75) is 19.3 Å². The minimum Gasteiger partial charge on any atom is -0.478 e. The van der Waals surface area contributed by atoms with E-state index in [4.69, 9.17) is 9.52 Å². The number of amides is 1. The number of nitrogens with one attached hydrogen (secondary N) is 1. The highest BCUT2D eigenvalue weighted by atomic mass is 16.4. The molecule has 1 aliphatic rings. The van der Waals surface area contributed by atoms with E-state index in [1.54, 1.807) is 18.4 Å². The van der Waals surface area contributed by atoms with Crippen LogP contribution in [0.1, 0.15) is 28.8 Å². The van der Waals surface area contributed by atoms with E-state index in [0.717, 1.165) is 23.8 Å². The lowest BCUT2D eigenvalue weighted by Gasteiger charge is -2.03. The molecule has 0 bridgehead atoms. The molecular formula is C15H15NO4. The van der Waals surface area contributed by atoms with E-state index in [0.29, 0.717) is 18.5 Å². The van der Waals surface area contributed by atoms with Crippen LogP contribution in [0, 0.1) is 5.92 Å². The Labute approximate surface area is 115 Å². The molecule has 0 unspecified atom stereocenters. The molecule has 0 spiro atoms. The number of rotatable bonds is 5. The number of furan rings is 1. The molecule has 0 aliphatic heterocycles. The summed E-state index contributed by atoms with van der Waals surface area (Å²) in [7, 11) is 0. The van der Waals surface area contributed by atoms with Gasteiger partial charge in [-0.2, -0.15) is 0 Å². The van der Waals surface area contributed by atoms with Crippen molar-refractivity contribution in [3.63, 3.8) is 0 Å². The van der Waals surface area contributed by atoms with Crippen LogP contribution < -0.4 is 5.32 Å². The van der Waals surface area contributed by atoms with Crippen molar-refractivity contribution in [2.24, 2.45) is 5.92 Å². The zero-order chi connectivity index (χ0) is 14.1. The second-order valence-electron chi connectivity index (χ2n) is 5.09. The number of benzene rings is 1. The lowest BCUT2D eigenvalue weighted by Crippen LogP contribution is -2.26. The van der Waals surface area contributed by atoms with Crippen LogP contribution in [0.5, 0.6) is 0 Å². The van der Waals surface area contributed by atoms with Gasteiger partial charge in [0, 0.05) is 17.8 Å². The van der Waals surface area contributed by atoms with Gasteiger partial charge in [0.1, 0.15) is 5.58 Å². The zero-order valence-corrected chi connectivity index (χ0v) is 10.9. The largest absolute Gasteiger partial charge is 0.478 e. The summed E-state index contributed by atoms with van der Waals surface area (Å²) in [6.07, 6.45) is 4.24. The molecule has 2 aromatic rings. The molecule has 5 heteroatoms. The first-order valence-corrected chi connectivity index (χ1v) is 6.66. The fourth-order valence-electron chi connectivity index (χ4n) is 2.22. The molecule has 2 N–H and O–H groups in total. The molecule has 3 rings (SSSR count). The lowest BCUT2D eigenvalue weighted by atomic mass is 10.1. The molecule has 1 fully saturated rings. The minimum absolute atomic E-state index is 0.115. The predicted molar refractivity (Wildman–Crippen MR) is 72.6 cm³/mol. The maximum Gasteiger partial charge on any atom is 0.335 e. The zero-order valence-electron chi connectivity index (χ0n) is 10.9. The number of carboxylic acid groups (broad SMARTS) is 1. The molecule has 1 saturated carbocycles. The van der Waals surface area contributed by atoms with Crippen LogP contribution in [0.3, 0.4) is 0 Å². The highest BCUT2D eigenvalue weighted by Crippen LogP contribution is 2.28. The van der Waals surface area contributed by atoms with Crippen LogP contribution >= 0.6 is 0 Å². The van der Waals surface area contributed by atoms with E-state index in [1.165, 1.54) is 6.07 Å². The second-order valence-corrected chi connectivity index (χ2v) is 5.09. The average Bonchev–Trinajstić information content (AvgIpc) is 3.21. The summed E-state index contributed by atoms with van der Waals surface area (Å²) in [4.78, 5) is 22.5. The number of carbonyl (C=O) groups excluding carboxylic acids is 1. The summed E-state index contributed by atoms with van der Waals surface area (Å²) >= 11 is 0. The van der Waals surface area contributed by atoms with E-state index in [9.17, 15) is 9.59 Å². The summed E-state index contributed by atoms with van der Waals surface area (Å²) in [5, 5.41) is 12.7. The highest BCUT2D eigenvalue weighted by Gasteiger charge is 2.29. The number of hydrogen-bond acceptors (Lipinski definition) is 3. The second kappa shape index (κ2) is 5.00. The van der Waals surface area contributed by atoms with Crippen LogP contribution in [0.2, 0.25) is 0 Å². The smallest absolute Gasteiger partial charge is 0.335 e. The third kappa shape index (κ3) is 2.52. The molecule has 1 aromatic heterocycles. The molecule has 1 aromatic carbocycles. The molecule has 1 heterocycles. The van der Waals surface area contributed by atoms with Crippen molar-refractivity contribution in [1.29, 1.82) is 0 Å². The predicted octanol–water partition coefficient (Wildman–Crippen LogP) is 2.20. The maximum absolute atomic E-state index is 11.5. The van der Waals surface area contributed by atoms with Crippen molar-refractivity contribution in [2.75, 3.05) is 6.54 Å². The highest BCUT2D eigenvalue weighted by molar-refractivity contribution is 5.94. The quantitative estimate of drug-likeness (QED) is 0.875. The normalized spacial score (nSPS) is 14.4. The van der Waals surface area contributed by atoms with Gasteiger partial charge in [-0.25, -0.2) is 4.79 Å². The lowest BCUT2D eigenvalue weighted by molar-refractivity contribution is -0.122. The fourth-order valence-corrected chi connectivity index (χ4v) is 2.22. The van der Waals surface area contributed by atoms with Crippen molar-refractivity contribution in [3.8, 4) is 0 Å². The number of carbonyl (C=O) groups is 2. The molecular weight excluding hydrogens is 258 g/mol. The number of aromatic carboxylic acids is 1. The molecule has 20 heavy (non-hydrogen) atoms. The van der Waals surface area contributed by atoms with Gasteiger partial charge in [0.2, 0.25) is 5.91 Å². The SMILES string of the molecule is O=C(O)c1ccc2occ(CCNC(=O)C3CC3)c2c1. The van der Waals surface area contributed by atoms with Crippen molar-refractivity contribution in [3.05, 3.63) is 35.6 Å². The first-order valence-electron chi connectivity index (χ1n) is 6.66. The third-order valence-corrected chi connectivity index (χ3v) is 3.54. The molecule has 0 radical (unpaired) electrons. The Morgan fingerprint density at radius 3 is 2.85 bits per heavy atom. The van der Waals surface area contributed by atoms with Gasteiger partial charge >= 0.3 is 5.97 Å². The molecule has 0 atom stereocenters. The van der Waals surface area contributed by atoms with Crippen LogP contribution in [0.4, 0.5) is 0 Å². The number of hydrogen-bond donors (Lipinski definition) is 2. The van der Waals surface area contributed by atoms with E-state index >= 15 is 0 Å². The monoisotopic (exact) mass is 273 g/mol. The van der Waals surface area contributed by atoms with Crippen molar-refractivity contribution in [1.82, 2.24) is 5.32 Å². The van der Waals surface area contributed by atoms with Gasteiger partial charge in [-0.3, -0.25) is 4.79 Å². The van der Waals surface area contributed by atoms with E-state index in [2.05, 4.69) is 5.32 Å². The Morgan fingerprint density at radius 2 is 2.15 bits per heavy atom. The Morgan fingerprint density at radius 1 is 1.35 bits per heavy atom. The third-order valence-electron chi connectivity index (χ3n) is 3.54. The summed E-state index contributed by atoms with van der Waals surface area (Å²) in [6, 6.07) is 4.79. The average molecular weight is 273 g/mol. The van der Waals surface area contributed by atoms with Crippen molar-refractivity contribution >= 4 is 22.8 Å². The Kier molecular flexibility index (Phi) is 3.18. The van der Waals surface area contributed by atoms with Crippen molar-refractivity contribution < 1.29 is 19.1 Å². The van der Waals surface area contributed by atoms with Crippen LogP contribution in [-0.4, -0.2) is 23.5 Å². The maximum atomic E-state index is 11.5. The summed E-state index contributed by atoms with van der Waals surface area (Å²) < 4.78 is 5.40. The Hall–Kier alpha value is -2.30. The van der Waals surface area contributed by atoms with Gasteiger partial charge in [-0.05, 0) is 43.0 Å². The van der Waals surface area contributed by atoms with Gasteiger partial charge < -0.3 is 14.8 Å². The first-order chi connectivity index (χ1) is 9.65. The van der Waals surface area contributed by atoms with Gasteiger partial charge in [0.25, 0.3) is 0 Å². The van der Waals surface area contributed by atoms with Gasteiger partial charge in [-0.1, -0.05) is 0 Å². The van der Waals surface area contributed by atoms with E-state index < -0.39 is 5.97 Å². The first kappa shape index (κ1) is 12.7. The number of carboxylic acids is 1. The van der Waals surface area contributed by atoms with Gasteiger partial charge in [0.15, 0.2) is 0 Å². The van der Waals surface area contributed by atoms with E-state index in [1.807, 2.05) is 0 Å². The Balaban J connectivity index is 1.71.